The van der Waals surface area contributed by atoms with Crippen LogP contribution in [0.3, 0.4) is 0 Å². The highest BCUT2D eigenvalue weighted by Gasteiger charge is 2.50. The summed E-state index contributed by atoms with van der Waals surface area (Å²) in [7, 11) is -3.94. The second-order valence-corrected chi connectivity index (χ2v) is 9.12. The number of nitrogens with two attached hydrogens (primary N) is 1. The van der Waals surface area contributed by atoms with E-state index in [2.05, 4.69) is 0 Å². The Morgan fingerprint density at radius 1 is 1.10 bits per heavy atom. The van der Waals surface area contributed by atoms with Crippen molar-refractivity contribution in [3.63, 3.8) is 0 Å². The van der Waals surface area contributed by atoms with Gasteiger partial charge in [-0.15, -0.1) is 0 Å². The molecule has 0 atom stereocenters. The van der Waals surface area contributed by atoms with Gasteiger partial charge < -0.3 is 4.90 Å². The van der Waals surface area contributed by atoms with E-state index in [4.69, 9.17) is 22.6 Å². The summed E-state index contributed by atoms with van der Waals surface area (Å²) in [6, 6.07) is 9.63. The molecule has 1 aliphatic rings. The van der Waals surface area contributed by atoms with Crippen molar-refractivity contribution in [2.75, 3.05) is 9.80 Å². The van der Waals surface area contributed by atoms with Crippen LogP contribution >= 0.6 is 12.2 Å². The molecule has 1 heterocycles. The zero-order chi connectivity index (χ0) is 23.4. The van der Waals surface area contributed by atoms with Crippen molar-refractivity contribution in [3.05, 3.63) is 53.6 Å². The van der Waals surface area contributed by atoms with Gasteiger partial charge in [-0.25, -0.2) is 13.6 Å². The number of sulfonamides is 1. The van der Waals surface area contributed by atoms with Crippen molar-refractivity contribution in [3.8, 4) is 6.07 Å². The number of rotatable bonds is 3. The van der Waals surface area contributed by atoms with Crippen LogP contribution in [-0.2, 0) is 21.0 Å². The van der Waals surface area contributed by atoms with Crippen LogP contribution < -0.4 is 14.9 Å². The molecule has 0 radical (unpaired) electrons. The number of carbonyl (C=O) groups is 1. The summed E-state index contributed by atoms with van der Waals surface area (Å²) in [6.07, 6.45) is -4.80. The number of hydrogen-bond donors (Lipinski definition) is 1. The van der Waals surface area contributed by atoms with E-state index >= 15 is 0 Å². The summed E-state index contributed by atoms with van der Waals surface area (Å²) in [6.45, 7) is 3.06. The standard InChI is InChI=1S/C19H15F3N4O3S2/c1-18(2)16(27)25(13-4-3-11(10-23)15(9-13)19(20,21)22)17(30)26(18)12-5-7-14(8-6-12)31(24,28)29/h3-9H,1-2H3,(H2,24,28,29). The maximum atomic E-state index is 13.4. The van der Waals surface area contributed by atoms with Crippen molar-refractivity contribution in [2.45, 2.75) is 30.5 Å². The van der Waals surface area contributed by atoms with Crippen LogP contribution in [0.1, 0.15) is 25.0 Å². The Morgan fingerprint density at radius 3 is 2.13 bits per heavy atom. The molecule has 162 valence electrons. The molecule has 1 aliphatic heterocycles. The Bertz CT molecular complexity index is 1230. The van der Waals surface area contributed by atoms with E-state index in [-0.39, 0.29) is 15.7 Å². The molecule has 7 nitrogen and oxygen atoms in total. The fourth-order valence-electron chi connectivity index (χ4n) is 3.24. The Labute approximate surface area is 181 Å². The lowest BCUT2D eigenvalue weighted by Gasteiger charge is -2.29. The minimum Gasteiger partial charge on any atom is -0.304 e. The Morgan fingerprint density at radius 2 is 1.65 bits per heavy atom. The Balaban J connectivity index is 2.09. The normalized spacial score (nSPS) is 16.5. The summed E-state index contributed by atoms with van der Waals surface area (Å²) in [5.41, 5.74) is -2.84. The van der Waals surface area contributed by atoms with Gasteiger partial charge in [-0.05, 0) is 68.5 Å². The molecule has 0 bridgehead atoms. The van der Waals surface area contributed by atoms with E-state index in [9.17, 15) is 26.4 Å². The highest BCUT2D eigenvalue weighted by Crippen LogP contribution is 2.39. The molecule has 12 heteroatoms. The molecule has 2 aromatic carbocycles. The average molecular weight is 468 g/mol. The molecule has 0 unspecified atom stereocenters. The maximum Gasteiger partial charge on any atom is 0.417 e. The quantitative estimate of drug-likeness (QED) is 0.694. The van der Waals surface area contributed by atoms with Gasteiger partial charge >= 0.3 is 6.18 Å². The number of amides is 1. The van der Waals surface area contributed by atoms with Gasteiger partial charge in [0, 0.05) is 5.69 Å². The molecular weight excluding hydrogens is 453 g/mol. The van der Waals surface area contributed by atoms with Crippen LogP contribution in [0.2, 0.25) is 0 Å². The Kier molecular flexibility index (Phi) is 5.34. The maximum absolute atomic E-state index is 13.4. The minimum atomic E-state index is -4.80. The summed E-state index contributed by atoms with van der Waals surface area (Å²) < 4.78 is 63.0. The molecule has 31 heavy (non-hydrogen) atoms. The lowest BCUT2D eigenvalue weighted by atomic mass is 10.0. The van der Waals surface area contributed by atoms with Crippen molar-refractivity contribution < 1.29 is 26.4 Å². The second kappa shape index (κ2) is 7.30. The molecule has 2 aromatic rings. The fraction of sp³-hybridized carbons (Fsp3) is 0.211. The smallest absolute Gasteiger partial charge is 0.304 e. The third-order valence-corrected chi connectivity index (χ3v) is 6.07. The number of benzene rings is 2. The molecular formula is C19H15F3N4O3S2. The van der Waals surface area contributed by atoms with E-state index < -0.39 is 38.8 Å². The van der Waals surface area contributed by atoms with Crippen LogP contribution in [-0.4, -0.2) is 25.0 Å². The molecule has 2 N–H and O–H groups in total. The number of thiocarbonyl (C=S) groups is 1. The monoisotopic (exact) mass is 468 g/mol. The zero-order valence-electron chi connectivity index (χ0n) is 16.1. The SMILES string of the molecule is CC1(C)C(=O)N(c2ccc(C#N)c(C(F)(F)F)c2)C(=S)N1c1ccc(S(N)(=O)=O)cc1. The van der Waals surface area contributed by atoms with Gasteiger partial charge in [0.2, 0.25) is 10.0 Å². The van der Waals surface area contributed by atoms with Crippen LogP contribution in [0.15, 0.2) is 47.4 Å². The number of hydrogen-bond acceptors (Lipinski definition) is 5. The molecule has 1 amide bonds. The van der Waals surface area contributed by atoms with Crippen LogP contribution in [0.25, 0.3) is 0 Å². The number of nitriles is 1. The molecule has 0 spiro atoms. The third kappa shape index (κ3) is 3.87. The van der Waals surface area contributed by atoms with Gasteiger partial charge in [-0.3, -0.25) is 9.69 Å². The first kappa shape index (κ1) is 22.7. The van der Waals surface area contributed by atoms with Crippen molar-refractivity contribution in [1.29, 1.82) is 5.26 Å². The molecule has 0 aromatic heterocycles. The van der Waals surface area contributed by atoms with E-state index in [0.717, 1.165) is 11.0 Å². The highest BCUT2D eigenvalue weighted by molar-refractivity contribution is 7.89. The number of anilines is 2. The average Bonchev–Trinajstić information content (AvgIpc) is 2.84. The molecule has 0 saturated carbocycles. The first-order valence-electron chi connectivity index (χ1n) is 8.62. The van der Waals surface area contributed by atoms with Gasteiger partial charge in [0.05, 0.1) is 27.8 Å². The van der Waals surface area contributed by atoms with Crippen molar-refractivity contribution in [2.24, 2.45) is 5.14 Å². The second-order valence-electron chi connectivity index (χ2n) is 7.20. The van der Waals surface area contributed by atoms with Crippen molar-refractivity contribution >= 4 is 44.6 Å². The van der Waals surface area contributed by atoms with Crippen LogP contribution in [0.4, 0.5) is 24.5 Å². The van der Waals surface area contributed by atoms with E-state index in [1.165, 1.54) is 55.1 Å². The summed E-state index contributed by atoms with van der Waals surface area (Å²) in [5.74, 6) is -0.592. The zero-order valence-corrected chi connectivity index (χ0v) is 17.8. The van der Waals surface area contributed by atoms with Gasteiger partial charge in [0.1, 0.15) is 5.54 Å². The molecule has 3 rings (SSSR count). The lowest BCUT2D eigenvalue weighted by Crippen LogP contribution is -2.44. The predicted molar refractivity (Wildman–Crippen MR) is 111 cm³/mol. The van der Waals surface area contributed by atoms with E-state index in [1.54, 1.807) is 0 Å². The lowest BCUT2D eigenvalue weighted by molar-refractivity contribution is -0.137. The largest absolute Gasteiger partial charge is 0.417 e. The first-order chi connectivity index (χ1) is 14.2. The minimum absolute atomic E-state index is 0.101. The summed E-state index contributed by atoms with van der Waals surface area (Å²) in [5, 5.41) is 14.0. The van der Waals surface area contributed by atoms with Gasteiger partial charge in [-0.1, -0.05) is 0 Å². The van der Waals surface area contributed by atoms with E-state index in [1.807, 2.05) is 0 Å². The highest BCUT2D eigenvalue weighted by atomic mass is 32.2. The fourth-order valence-corrected chi connectivity index (χ4v) is 4.28. The molecule has 1 fully saturated rings. The van der Waals surface area contributed by atoms with Crippen LogP contribution in [0.5, 0.6) is 0 Å². The van der Waals surface area contributed by atoms with Crippen LogP contribution in [0, 0.1) is 11.3 Å². The topological polar surface area (TPSA) is 108 Å². The van der Waals surface area contributed by atoms with Gasteiger partial charge in [0.15, 0.2) is 5.11 Å². The summed E-state index contributed by atoms with van der Waals surface area (Å²) >= 11 is 5.40. The number of carbonyl (C=O) groups excluding carboxylic acids is 1. The van der Waals surface area contributed by atoms with Gasteiger partial charge in [-0.2, -0.15) is 18.4 Å². The molecule has 0 aliphatic carbocycles. The van der Waals surface area contributed by atoms with Crippen molar-refractivity contribution in [1.82, 2.24) is 0 Å². The predicted octanol–water partition coefficient (Wildman–Crippen LogP) is 3.14. The number of primary sulfonamides is 1. The van der Waals surface area contributed by atoms with Gasteiger partial charge in [0.25, 0.3) is 5.91 Å². The number of halogens is 3. The van der Waals surface area contributed by atoms with E-state index in [0.29, 0.717) is 11.8 Å². The summed E-state index contributed by atoms with van der Waals surface area (Å²) in [4.78, 5) is 15.3. The molecule has 1 saturated heterocycles. The number of nitrogens with zero attached hydrogens (tertiary/aromatic N) is 3. The third-order valence-electron chi connectivity index (χ3n) is 4.78. The Hall–Kier alpha value is -3.01. The first-order valence-corrected chi connectivity index (χ1v) is 10.6. The number of alkyl halides is 3.